The topological polar surface area (TPSA) is 78.5 Å². The molecule has 3 rings (SSSR count). The van der Waals surface area contributed by atoms with Crippen LogP contribution in [0.3, 0.4) is 0 Å². The van der Waals surface area contributed by atoms with Gasteiger partial charge in [0, 0.05) is 13.1 Å². The molecular formula is C19H21N3O3S. The molecule has 0 radical (unpaired) electrons. The Balaban J connectivity index is 1.51. The smallest absolute Gasteiger partial charge is 0.261 e. The van der Waals surface area contributed by atoms with E-state index in [9.17, 15) is 14.4 Å². The third-order valence-electron chi connectivity index (χ3n) is 4.32. The number of hydrogen-bond donors (Lipinski definition) is 2. The van der Waals surface area contributed by atoms with E-state index in [-0.39, 0.29) is 17.7 Å². The predicted molar refractivity (Wildman–Crippen MR) is 99.7 cm³/mol. The Kier molecular flexibility index (Phi) is 5.68. The number of carbonyl (C=O) groups is 3. The van der Waals surface area contributed by atoms with Crippen LogP contribution in [0.15, 0.2) is 47.8 Å². The van der Waals surface area contributed by atoms with Gasteiger partial charge < -0.3 is 15.5 Å². The highest BCUT2D eigenvalue weighted by molar-refractivity contribution is 7.12. The molecule has 7 heteroatoms. The van der Waals surface area contributed by atoms with Gasteiger partial charge in [-0.3, -0.25) is 14.4 Å². The molecule has 2 N–H and O–H groups in total. The molecular weight excluding hydrogens is 350 g/mol. The molecule has 0 saturated carbocycles. The van der Waals surface area contributed by atoms with Gasteiger partial charge in [0.15, 0.2) is 0 Å². The highest BCUT2D eigenvalue weighted by Gasteiger charge is 2.33. The maximum absolute atomic E-state index is 12.5. The van der Waals surface area contributed by atoms with Crippen molar-refractivity contribution in [2.24, 2.45) is 0 Å². The number of benzene rings is 1. The number of carbonyl (C=O) groups excluding carboxylic acids is 3. The number of amides is 3. The molecule has 136 valence electrons. The van der Waals surface area contributed by atoms with Crippen molar-refractivity contribution in [2.75, 3.05) is 6.54 Å². The molecule has 0 bridgehead atoms. The second-order valence-electron chi connectivity index (χ2n) is 6.27. The molecule has 2 unspecified atom stereocenters. The number of nitrogens with one attached hydrogen (secondary N) is 2. The molecule has 1 aliphatic heterocycles. The van der Waals surface area contributed by atoms with Gasteiger partial charge in [-0.05, 0) is 30.4 Å². The predicted octanol–water partition coefficient (Wildman–Crippen LogP) is 1.78. The molecule has 3 amide bonds. The molecule has 1 fully saturated rings. The SMILES string of the molecule is CC(NC(=O)c1cccs1)C(=O)NC1CCN(Cc2ccccc2)C1=O. The van der Waals surface area contributed by atoms with Gasteiger partial charge in [-0.2, -0.15) is 0 Å². The molecule has 2 aromatic rings. The van der Waals surface area contributed by atoms with Crippen LogP contribution in [0.1, 0.15) is 28.6 Å². The van der Waals surface area contributed by atoms with Gasteiger partial charge in [0.05, 0.1) is 4.88 Å². The van der Waals surface area contributed by atoms with Gasteiger partial charge in [0.2, 0.25) is 11.8 Å². The third-order valence-corrected chi connectivity index (χ3v) is 5.18. The van der Waals surface area contributed by atoms with Crippen molar-refractivity contribution in [2.45, 2.75) is 32.0 Å². The third kappa shape index (κ3) is 4.29. The highest BCUT2D eigenvalue weighted by Crippen LogP contribution is 2.15. The summed E-state index contributed by atoms with van der Waals surface area (Å²) < 4.78 is 0. The molecule has 2 heterocycles. The van der Waals surface area contributed by atoms with E-state index in [2.05, 4.69) is 10.6 Å². The minimum absolute atomic E-state index is 0.0843. The Labute approximate surface area is 156 Å². The summed E-state index contributed by atoms with van der Waals surface area (Å²) in [6.07, 6.45) is 0.572. The van der Waals surface area contributed by atoms with Crippen molar-refractivity contribution in [3.8, 4) is 0 Å². The summed E-state index contributed by atoms with van der Waals surface area (Å²) in [5, 5.41) is 7.21. The van der Waals surface area contributed by atoms with Crippen LogP contribution >= 0.6 is 11.3 Å². The Bertz CT molecular complexity index is 777. The standard InChI is InChI=1S/C19H21N3O3S/c1-13(20-18(24)16-8-5-11-26-16)17(23)21-15-9-10-22(19(15)25)12-14-6-3-2-4-7-14/h2-8,11,13,15H,9-10,12H2,1H3,(H,20,24)(H,21,23). The Morgan fingerprint density at radius 2 is 2.00 bits per heavy atom. The molecule has 1 saturated heterocycles. The first kappa shape index (κ1) is 18.1. The van der Waals surface area contributed by atoms with E-state index in [1.54, 1.807) is 29.3 Å². The van der Waals surface area contributed by atoms with Crippen LogP contribution in [0.2, 0.25) is 0 Å². The molecule has 26 heavy (non-hydrogen) atoms. The van der Waals surface area contributed by atoms with E-state index in [0.717, 1.165) is 5.56 Å². The van der Waals surface area contributed by atoms with Crippen LogP contribution in [0, 0.1) is 0 Å². The molecule has 1 aliphatic rings. The molecule has 1 aromatic carbocycles. The number of thiophene rings is 1. The lowest BCUT2D eigenvalue weighted by atomic mass is 10.2. The van der Waals surface area contributed by atoms with E-state index in [1.807, 2.05) is 30.3 Å². The van der Waals surface area contributed by atoms with E-state index in [1.165, 1.54) is 11.3 Å². The second kappa shape index (κ2) is 8.14. The first-order chi connectivity index (χ1) is 12.5. The number of nitrogens with zero attached hydrogens (tertiary/aromatic N) is 1. The first-order valence-electron chi connectivity index (χ1n) is 8.52. The fourth-order valence-electron chi connectivity index (χ4n) is 2.87. The minimum atomic E-state index is -0.708. The van der Waals surface area contributed by atoms with E-state index in [0.29, 0.717) is 24.4 Å². The first-order valence-corrected chi connectivity index (χ1v) is 9.40. The second-order valence-corrected chi connectivity index (χ2v) is 7.22. The van der Waals surface area contributed by atoms with Crippen molar-refractivity contribution in [3.63, 3.8) is 0 Å². The summed E-state index contributed by atoms with van der Waals surface area (Å²) >= 11 is 1.31. The minimum Gasteiger partial charge on any atom is -0.342 e. The van der Waals surface area contributed by atoms with Gasteiger partial charge in [-0.1, -0.05) is 36.4 Å². The molecule has 2 atom stereocenters. The van der Waals surface area contributed by atoms with Gasteiger partial charge in [0.25, 0.3) is 5.91 Å². The maximum Gasteiger partial charge on any atom is 0.261 e. The van der Waals surface area contributed by atoms with E-state index >= 15 is 0 Å². The van der Waals surface area contributed by atoms with Crippen LogP contribution in [0.5, 0.6) is 0 Å². The van der Waals surface area contributed by atoms with Crippen LogP contribution in [0.25, 0.3) is 0 Å². The zero-order chi connectivity index (χ0) is 18.5. The van der Waals surface area contributed by atoms with Crippen molar-refractivity contribution in [3.05, 3.63) is 58.3 Å². The van der Waals surface area contributed by atoms with Crippen molar-refractivity contribution in [1.82, 2.24) is 15.5 Å². The molecule has 6 nitrogen and oxygen atoms in total. The summed E-state index contributed by atoms with van der Waals surface area (Å²) in [5.74, 6) is -0.722. The van der Waals surface area contributed by atoms with E-state index in [4.69, 9.17) is 0 Å². The Hall–Kier alpha value is -2.67. The normalized spacial score (nSPS) is 17.8. The van der Waals surface area contributed by atoms with Crippen molar-refractivity contribution >= 4 is 29.1 Å². The van der Waals surface area contributed by atoms with Gasteiger partial charge >= 0.3 is 0 Å². The lowest BCUT2D eigenvalue weighted by Gasteiger charge is -2.19. The summed E-state index contributed by atoms with van der Waals surface area (Å²) in [5.41, 5.74) is 1.06. The summed E-state index contributed by atoms with van der Waals surface area (Å²) in [7, 11) is 0. The van der Waals surface area contributed by atoms with Crippen molar-refractivity contribution in [1.29, 1.82) is 0 Å². The van der Waals surface area contributed by atoms with Crippen LogP contribution < -0.4 is 10.6 Å². The van der Waals surface area contributed by atoms with Gasteiger partial charge in [0.1, 0.15) is 12.1 Å². The fraction of sp³-hybridized carbons (Fsp3) is 0.316. The average Bonchev–Trinajstić information content (AvgIpc) is 3.28. The zero-order valence-electron chi connectivity index (χ0n) is 14.5. The quantitative estimate of drug-likeness (QED) is 0.813. The fourth-order valence-corrected chi connectivity index (χ4v) is 3.50. The van der Waals surface area contributed by atoms with Crippen LogP contribution in [-0.2, 0) is 16.1 Å². The summed E-state index contributed by atoms with van der Waals surface area (Å²) in [4.78, 5) is 39.1. The Morgan fingerprint density at radius 3 is 2.69 bits per heavy atom. The molecule has 0 aliphatic carbocycles. The lowest BCUT2D eigenvalue weighted by Crippen LogP contribution is -2.50. The maximum atomic E-state index is 12.5. The largest absolute Gasteiger partial charge is 0.342 e. The van der Waals surface area contributed by atoms with Crippen LogP contribution in [0.4, 0.5) is 0 Å². The molecule has 1 aromatic heterocycles. The summed E-state index contributed by atoms with van der Waals surface area (Å²) in [6, 6.07) is 12.0. The number of hydrogen-bond acceptors (Lipinski definition) is 4. The summed E-state index contributed by atoms with van der Waals surface area (Å²) in [6.45, 7) is 2.76. The number of likely N-dealkylation sites (tertiary alicyclic amines) is 1. The zero-order valence-corrected chi connectivity index (χ0v) is 15.3. The average molecular weight is 371 g/mol. The monoisotopic (exact) mass is 371 g/mol. The van der Waals surface area contributed by atoms with Crippen LogP contribution in [-0.4, -0.2) is 41.2 Å². The highest BCUT2D eigenvalue weighted by atomic mass is 32.1. The Morgan fingerprint density at radius 1 is 1.23 bits per heavy atom. The van der Waals surface area contributed by atoms with E-state index < -0.39 is 12.1 Å². The van der Waals surface area contributed by atoms with Crippen molar-refractivity contribution < 1.29 is 14.4 Å². The molecule has 0 spiro atoms. The number of rotatable bonds is 6. The van der Waals surface area contributed by atoms with Gasteiger partial charge in [-0.25, -0.2) is 0 Å². The lowest BCUT2D eigenvalue weighted by molar-refractivity contribution is -0.133. The van der Waals surface area contributed by atoms with Gasteiger partial charge in [-0.15, -0.1) is 11.3 Å².